The van der Waals surface area contributed by atoms with Crippen LogP contribution in [0.15, 0.2) is 59.6 Å². The molecule has 1 saturated heterocycles. The Morgan fingerprint density at radius 2 is 2.03 bits per heavy atom. The Labute approximate surface area is 191 Å². The van der Waals surface area contributed by atoms with Gasteiger partial charge in [-0.05, 0) is 42.6 Å². The maximum absolute atomic E-state index is 12.6. The first-order valence-corrected chi connectivity index (χ1v) is 11.5. The van der Waals surface area contributed by atoms with E-state index in [1.807, 2.05) is 54.0 Å². The van der Waals surface area contributed by atoms with Gasteiger partial charge in [0.05, 0.1) is 23.8 Å². The predicted molar refractivity (Wildman–Crippen MR) is 125 cm³/mol. The van der Waals surface area contributed by atoms with E-state index in [-0.39, 0.29) is 11.5 Å². The number of nitrogens with zero attached hydrogens (tertiary/aromatic N) is 4. The molecule has 0 atom stereocenters. The number of benzene rings is 1. The number of hydrogen-bond acceptors (Lipinski definition) is 6. The van der Waals surface area contributed by atoms with Crippen LogP contribution in [0.2, 0.25) is 0 Å². The zero-order valence-corrected chi connectivity index (χ0v) is 18.6. The first-order chi connectivity index (χ1) is 15.7. The number of carbonyl (C=O) groups is 1. The van der Waals surface area contributed by atoms with E-state index in [2.05, 4.69) is 16.3 Å². The van der Waals surface area contributed by atoms with Gasteiger partial charge in [0.2, 0.25) is 0 Å². The molecule has 164 valence electrons. The molecule has 0 spiro atoms. The number of thiophene rings is 1. The fourth-order valence-corrected chi connectivity index (χ4v) is 4.27. The Balaban J connectivity index is 1.48. The largest absolute Gasteiger partial charge is 0.379 e. The molecule has 1 amide bonds. The highest BCUT2D eigenvalue weighted by Crippen LogP contribution is 2.29. The number of hydrogen-bond donors (Lipinski definition) is 1. The summed E-state index contributed by atoms with van der Waals surface area (Å²) >= 11 is 1.57. The molecular formula is C24H25N5O2S. The number of carbonyl (C=O) groups excluding carboxylic acids is 1. The average molecular weight is 448 g/mol. The van der Waals surface area contributed by atoms with E-state index < -0.39 is 0 Å². The third-order valence-corrected chi connectivity index (χ3v) is 6.10. The first-order valence-electron chi connectivity index (χ1n) is 10.6. The monoisotopic (exact) mass is 447 g/mol. The molecule has 3 aromatic rings. The van der Waals surface area contributed by atoms with Crippen molar-refractivity contribution < 1.29 is 9.53 Å². The molecule has 7 nitrogen and oxygen atoms in total. The summed E-state index contributed by atoms with van der Waals surface area (Å²) in [7, 11) is 0. The summed E-state index contributed by atoms with van der Waals surface area (Å²) in [5.41, 5.74) is 2.46. The minimum Gasteiger partial charge on any atom is -0.379 e. The van der Waals surface area contributed by atoms with E-state index in [4.69, 9.17) is 9.84 Å². The number of nitriles is 1. The molecule has 0 radical (unpaired) electrons. The number of morpholine rings is 1. The van der Waals surface area contributed by atoms with Gasteiger partial charge in [-0.2, -0.15) is 10.4 Å². The summed E-state index contributed by atoms with van der Waals surface area (Å²) in [6.45, 7) is 4.80. The van der Waals surface area contributed by atoms with E-state index in [0.29, 0.717) is 6.54 Å². The standard InChI is InChI=1S/C24H25N5O2S/c25-17-19(24(30)26-9-5-10-28-11-13-31-14-12-28)16-20-18-29(21-6-2-1-3-7-21)27-23(20)22-8-4-15-32-22/h1-4,6-8,15-16,18H,5,9-14H2,(H,26,30)/b19-16+. The molecule has 1 N–H and O–H groups in total. The summed E-state index contributed by atoms with van der Waals surface area (Å²) in [5, 5.41) is 19.2. The zero-order chi connectivity index (χ0) is 22.2. The van der Waals surface area contributed by atoms with E-state index >= 15 is 0 Å². The molecule has 32 heavy (non-hydrogen) atoms. The number of rotatable bonds is 8. The van der Waals surface area contributed by atoms with Gasteiger partial charge in [-0.3, -0.25) is 9.69 Å². The van der Waals surface area contributed by atoms with Gasteiger partial charge < -0.3 is 10.1 Å². The minimum atomic E-state index is -0.362. The molecule has 1 aromatic carbocycles. The van der Waals surface area contributed by atoms with Crippen molar-refractivity contribution in [2.45, 2.75) is 6.42 Å². The van der Waals surface area contributed by atoms with Crippen molar-refractivity contribution in [2.75, 3.05) is 39.4 Å². The smallest absolute Gasteiger partial charge is 0.261 e. The van der Waals surface area contributed by atoms with Gasteiger partial charge >= 0.3 is 0 Å². The van der Waals surface area contributed by atoms with E-state index in [1.54, 1.807) is 22.1 Å². The van der Waals surface area contributed by atoms with Crippen LogP contribution >= 0.6 is 11.3 Å². The molecule has 2 aromatic heterocycles. The first kappa shape index (κ1) is 22.0. The summed E-state index contributed by atoms with van der Waals surface area (Å²) in [4.78, 5) is 15.9. The average Bonchev–Trinajstić information content (AvgIpc) is 3.51. The van der Waals surface area contributed by atoms with Crippen LogP contribution in [0.25, 0.3) is 22.3 Å². The van der Waals surface area contributed by atoms with Crippen molar-refractivity contribution in [2.24, 2.45) is 0 Å². The SMILES string of the molecule is N#C/C(=C\c1cn(-c2ccccc2)nc1-c1cccs1)C(=O)NCCCN1CCOCC1. The Bertz CT molecular complexity index is 1090. The van der Waals surface area contributed by atoms with Crippen LogP contribution in [0.3, 0.4) is 0 Å². The highest BCUT2D eigenvalue weighted by molar-refractivity contribution is 7.13. The molecule has 0 aliphatic carbocycles. The molecule has 0 bridgehead atoms. The molecule has 8 heteroatoms. The van der Waals surface area contributed by atoms with Crippen molar-refractivity contribution in [3.63, 3.8) is 0 Å². The number of nitrogens with one attached hydrogen (secondary N) is 1. The van der Waals surface area contributed by atoms with Crippen LogP contribution in [0, 0.1) is 11.3 Å². The molecular weight excluding hydrogens is 422 g/mol. The second-order valence-electron chi connectivity index (χ2n) is 7.42. The van der Waals surface area contributed by atoms with Crippen LogP contribution in [-0.4, -0.2) is 60.0 Å². The topological polar surface area (TPSA) is 83.2 Å². The van der Waals surface area contributed by atoms with Crippen LogP contribution in [-0.2, 0) is 9.53 Å². The second kappa shape index (κ2) is 10.9. The van der Waals surface area contributed by atoms with Gasteiger partial charge in [0, 0.05) is 31.4 Å². The van der Waals surface area contributed by atoms with Crippen LogP contribution in [0.1, 0.15) is 12.0 Å². The Kier molecular flexibility index (Phi) is 7.46. The maximum Gasteiger partial charge on any atom is 0.261 e. The Morgan fingerprint density at radius 1 is 1.22 bits per heavy atom. The van der Waals surface area contributed by atoms with Gasteiger partial charge in [0.1, 0.15) is 17.3 Å². The zero-order valence-electron chi connectivity index (χ0n) is 17.7. The molecule has 1 fully saturated rings. The normalized spacial score (nSPS) is 14.8. The Morgan fingerprint density at radius 3 is 2.75 bits per heavy atom. The number of aromatic nitrogens is 2. The van der Waals surface area contributed by atoms with Gasteiger partial charge in [0.15, 0.2) is 0 Å². The van der Waals surface area contributed by atoms with Gasteiger partial charge in [-0.25, -0.2) is 4.68 Å². The van der Waals surface area contributed by atoms with Crippen LogP contribution in [0.4, 0.5) is 0 Å². The fourth-order valence-electron chi connectivity index (χ4n) is 3.54. The van der Waals surface area contributed by atoms with E-state index in [9.17, 15) is 10.1 Å². The lowest BCUT2D eigenvalue weighted by Gasteiger charge is -2.26. The number of para-hydroxylation sites is 1. The number of amides is 1. The highest BCUT2D eigenvalue weighted by atomic mass is 32.1. The minimum absolute atomic E-state index is 0.0711. The lowest BCUT2D eigenvalue weighted by atomic mass is 10.1. The summed E-state index contributed by atoms with van der Waals surface area (Å²) in [6.07, 6.45) is 4.31. The Hall–Kier alpha value is -3.25. The highest BCUT2D eigenvalue weighted by Gasteiger charge is 2.16. The number of ether oxygens (including phenoxy) is 1. The molecule has 1 aliphatic rings. The molecule has 1 aliphatic heterocycles. The summed E-state index contributed by atoms with van der Waals surface area (Å²) in [6, 6.07) is 15.8. The van der Waals surface area contributed by atoms with E-state index in [1.165, 1.54) is 0 Å². The third-order valence-electron chi connectivity index (χ3n) is 5.22. The third kappa shape index (κ3) is 5.51. The van der Waals surface area contributed by atoms with Crippen molar-refractivity contribution in [3.05, 3.63) is 65.2 Å². The van der Waals surface area contributed by atoms with Crippen molar-refractivity contribution in [1.82, 2.24) is 20.0 Å². The van der Waals surface area contributed by atoms with Crippen molar-refractivity contribution >= 4 is 23.3 Å². The van der Waals surface area contributed by atoms with Crippen molar-refractivity contribution in [3.8, 4) is 22.3 Å². The quantitative estimate of drug-likeness (QED) is 0.325. The summed E-state index contributed by atoms with van der Waals surface area (Å²) in [5.74, 6) is -0.362. The fraction of sp³-hybridized carbons (Fsp3) is 0.292. The maximum atomic E-state index is 12.6. The lowest BCUT2D eigenvalue weighted by Crippen LogP contribution is -2.38. The second-order valence-corrected chi connectivity index (χ2v) is 8.37. The lowest BCUT2D eigenvalue weighted by molar-refractivity contribution is -0.117. The van der Waals surface area contributed by atoms with Crippen LogP contribution < -0.4 is 5.32 Å². The van der Waals surface area contributed by atoms with Gasteiger partial charge in [-0.1, -0.05) is 24.3 Å². The molecule has 0 saturated carbocycles. The summed E-state index contributed by atoms with van der Waals surface area (Å²) < 4.78 is 7.13. The van der Waals surface area contributed by atoms with Gasteiger partial charge in [-0.15, -0.1) is 11.3 Å². The van der Waals surface area contributed by atoms with E-state index in [0.717, 1.165) is 61.1 Å². The van der Waals surface area contributed by atoms with Crippen molar-refractivity contribution in [1.29, 1.82) is 5.26 Å². The van der Waals surface area contributed by atoms with Crippen LogP contribution in [0.5, 0.6) is 0 Å². The van der Waals surface area contributed by atoms with Gasteiger partial charge in [0.25, 0.3) is 5.91 Å². The molecule has 3 heterocycles. The molecule has 4 rings (SSSR count). The predicted octanol–water partition coefficient (Wildman–Crippen LogP) is 3.35. The molecule has 0 unspecified atom stereocenters.